The van der Waals surface area contributed by atoms with Gasteiger partial charge in [0.15, 0.2) is 10.8 Å². The van der Waals surface area contributed by atoms with E-state index in [2.05, 4.69) is 36.2 Å². The molecule has 33 heavy (non-hydrogen) atoms. The van der Waals surface area contributed by atoms with E-state index >= 15 is 0 Å². The fourth-order valence-corrected chi connectivity index (χ4v) is 3.45. The number of carbonyl (C=O) groups excluding carboxylic acids is 2. The molecule has 2 amide bonds. The van der Waals surface area contributed by atoms with Crippen LogP contribution in [0.5, 0.6) is 0 Å². The number of nitrogens with zero attached hydrogens (tertiary/aromatic N) is 5. The van der Waals surface area contributed by atoms with Crippen LogP contribution in [0.15, 0.2) is 48.9 Å². The van der Waals surface area contributed by atoms with Crippen LogP contribution >= 0.6 is 11.6 Å². The van der Waals surface area contributed by atoms with E-state index in [1.807, 2.05) is 43.3 Å². The Kier molecular flexibility index (Phi) is 6.05. The van der Waals surface area contributed by atoms with Crippen molar-refractivity contribution < 1.29 is 9.59 Å². The molecule has 3 aromatic heterocycles. The van der Waals surface area contributed by atoms with Crippen LogP contribution in [0.4, 0.5) is 11.6 Å². The molecule has 0 fully saturated rings. The lowest BCUT2D eigenvalue weighted by molar-refractivity contribution is -0.119. The number of anilines is 2. The molecule has 1 unspecified atom stereocenters. The van der Waals surface area contributed by atoms with Gasteiger partial charge in [0.1, 0.15) is 23.5 Å². The zero-order valence-electron chi connectivity index (χ0n) is 17.7. The number of carbonyl (C=O) groups is 2. The van der Waals surface area contributed by atoms with Crippen molar-refractivity contribution in [3.05, 3.63) is 65.2 Å². The Bertz CT molecular complexity index is 1340. The summed E-state index contributed by atoms with van der Waals surface area (Å²) < 4.78 is 1.55. The first-order chi connectivity index (χ1) is 15.8. The molecule has 1 atom stereocenters. The Balaban J connectivity index is 1.75. The highest BCUT2D eigenvalue weighted by Gasteiger charge is 2.22. The van der Waals surface area contributed by atoms with Crippen molar-refractivity contribution in [3.8, 4) is 11.3 Å². The van der Waals surface area contributed by atoms with Gasteiger partial charge < -0.3 is 11.1 Å². The summed E-state index contributed by atoms with van der Waals surface area (Å²) in [5, 5.41) is 8.28. The molecule has 0 saturated carbocycles. The maximum absolute atomic E-state index is 12.6. The molecule has 0 aliphatic rings. The van der Waals surface area contributed by atoms with Crippen molar-refractivity contribution in [2.24, 2.45) is 0 Å². The molecule has 3 heterocycles. The molecular weight excluding hydrogens is 446 g/mol. The Labute approximate surface area is 193 Å². The van der Waals surface area contributed by atoms with E-state index < -0.39 is 11.8 Å². The van der Waals surface area contributed by atoms with Crippen molar-refractivity contribution >= 4 is 40.7 Å². The second kappa shape index (κ2) is 9.09. The van der Waals surface area contributed by atoms with Crippen LogP contribution in [0.25, 0.3) is 16.9 Å². The third-order valence-electron chi connectivity index (χ3n) is 4.80. The number of fused-ring (bicyclic) bond motifs is 1. The maximum Gasteiger partial charge on any atom is 0.277 e. The number of nitrogens with one attached hydrogen (secondary N) is 3. The highest BCUT2D eigenvalue weighted by Crippen LogP contribution is 2.31. The van der Waals surface area contributed by atoms with E-state index in [0.29, 0.717) is 16.5 Å². The van der Waals surface area contributed by atoms with Crippen LogP contribution in [0.2, 0.25) is 5.15 Å². The van der Waals surface area contributed by atoms with Gasteiger partial charge >= 0.3 is 0 Å². The first-order valence-electron chi connectivity index (χ1n) is 9.88. The van der Waals surface area contributed by atoms with Crippen LogP contribution in [0.3, 0.4) is 0 Å². The first kappa shape index (κ1) is 22.0. The van der Waals surface area contributed by atoms with Gasteiger partial charge in [-0.3, -0.25) is 20.4 Å². The van der Waals surface area contributed by atoms with Gasteiger partial charge in [0.2, 0.25) is 5.91 Å². The van der Waals surface area contributed by atoms with Crippen molar-refractivity contribution in [3.63, 3.8) is 0 Å². The lowest BCUT2D eigenvalue weighted by atomic mass is 10.0. The van der Waals surface area contributed by atoms with Crippen LogP contribution in [-0.4, -0.2) is 36.4 Å². The van der Waals surface area contributed by atoms with E-state index in [1.54, 1.807) is 4.52 Å². The van der Waals surface area contributed by atoms with Gasteiger partial charge in [-0.1, -0.05) is 41.9 Å². The number of benzene rings is 1. The monoisotopic (exact) mass is 465 g/mol. The average molecular weight is 466 g/mol. The summed E-state index contributed by atoms with van der Waals surface area (Å²) in [7, 11) is 0. The van der Waals surface area contributed by atoms with Crippen molar-refractivity contribution in [1.82, 2.24) is 35.4 Å². The second-order valence-electron chi connectivity index (χ2n) is 7.15. The fraction of sp³-hybridized carbons (Fsp3) is 0.143. The lowest BCUT2D eigenvalue weighted by Crippen LogP contribution is -2.41. The Morgan fingerprint density at radius 3 is 2.61 bits per heavy atom. The number of nitrogen functional groups attached to an aromatic ring is 1. The molecule has 4 rings (SSSR count). The normalized spacial score (nSPS) is 11.7. The smallest absolute Gasteiger partial charge is 0.277 e. The Morgan fingerprint density at radius 2 is 1.88 bits per heavy atom. The summed E-state index contributed by atoms with van der Waals surface area (Å²) in [6.07, 6.45) is 2.77. The summed E-state index contributed by atoms with van der Waals surface area (Å²) in [4.78, 5) is 36.1. The van der Waals surface area contributed by atoms with E-state index in [0.717, 1.165) is 11.1 Å². The standard InChI is InChI=1S/C21H20ClN9O2/c1-11(27-20-17(19(23)25-10-26-20)21(33)29-28-12(2)32)14-8-16-24-9-15(22)31(16)30-18(14)13-6-4-3-5-7-13/h3-11H,1-2H3,(H,28,32)(H,29,33)(H3,23,25,26,27). The van der Waals surface area contributed by atoms with Gasteiger partial charge in [0, 0.05) is 18.1 Å². The molecule has 0 spiro atoms. The zero-order chi connectivity index (χ0) is 23.5. The maximum atomic E-state index is 12.6. The first-order valence-corrected chi connectivity index (χ1v) is 10.3. The van der Waals surface area contributed by atoms with Crippen LogP contribution in [0.1, 0.15) is 35.8 Å². The molecule has 5 N–H and O–H groups in total. The molecule has 1 aromatic carbocycles. The average Bonchev–Trinajstić information content (AvgIpc) is 3.17. The number of hydrogen-bond acceptors (Lipinski definition) is 8. The topological polar surface area (TPSA) is 152 Å². The summed E-state index contributed by atoms with van der Waals surface area (Å²) in [6.45, 7) is 3.15. The minimum atomic E-state index is -0.658. The molecule has 0 aliphatic carbocycles. The molecule has 0 bridgehead atoms. The highest BCUT2D eigenvalue weighted by molar-refractivity contribution is 6.29. The van der Waals surface area contributed by atoms with Crippen LogP contribution in [0, 0.1) is 0 Å². The molecule has 12 heteroatoms. The van der Waals surface area contributed by atoms with E-state index in [9.17, 15) is 9.59 Å². The summed E-state index contributed by atoms with van der Waals surface area (Å²) in [5.74, 6) is -0.945. The fourth-order valence-electron chi connectivity index (χ4n) is 3.27. The largest absolute Gasteiger partial charge is 0.383 e. The van der Waals surface area contributed by atoms with Gasteiger partial charge in [-0.05, 0) is 13.0 Å². The van der Waals surface area contributed by atoms with Crippen LogP contribution < -0.4 is 21.9 Å². The predicted molar refractivity (Wildman–Crippen MR) is 123 cm³/mol. The number of hydrazine groups is 1. The van der Waals surface area contributed by atoms with E-state index in [1.165, 1.54) is 19.4 Å². The van der Waals surface area contributed by atoms with Crippen molar-refractivity contribution in [2.45, 2.75) is 19.9 Å². The quantitative estimate of drug-likeness (QED) is 0.328. The second-order valence-corrected chi connectivity index (χ2v) is 7.54. The molecule has 168 valence electrons. The summed E-state index contributed by atoms with van der Waals surface area (Å²) >= 11 is 6.24. The number of hydrogen-bond donors (Lipinski definition) is 4. The van der Waals surface area contributed by atoms with Gasteiger partial charge in [-0.25, -0.2) is 19.5 Å². The minimum absolute atomic E-state index is 0.00254. The van der Waals surface area contributed by atoms with E-state index in [-0.39, 0.29) is 23.2 Å². The van der Waals surface area contributed by atoms with Crippen molar-refractivity contribution in [2.75, 3.05) is 11.1 Å². The number of halogens is 1. The third-order valence-corrected chi connectivity index (χ3v) is 5.06. The van der Waals surface area contributed by atoms with Gasteiger partial charge in [0.25, 0.3) is 5.91 Å². The lowest BCUT2D eigenvalue weighted by Gasteiger charge is -2.20. The molecule has 0 saturated heterocycles. The molecule has 0 aliphatic heterocycles. The minimum Gasteiger partial charge on any atom is -0.383 e. The highest BCUT2D eigenvalue weighted by atomic mass is 35.5. The van der Waals surface area contributed by atoms with Crippen LogP contribution in [-0.2, 0) is 4.79 Å². The van der Waals surface area contributed by atoms with Gasteiger partial charge in [-0.15, -0.1) is 0 Å². The Morgan fingerprint density at radius 1 is 1.12 bits per heavy atom. The van der Waals surface area contributed by atoms with Gasteiger partial charge in [0.05, 0.1) is 17.9 Å². The predicted octanol–water partition coefficient (Wildman–Crippen LogP) is 2.38. The SMILES string of the molecule is CC(=O)NNC(=O)c1c(N)ncnc1NC(C)c1cc2ncc(Cl)n2nc1-c1ccccc1. The van der Waals surface area contributed by atoms with Gasteiger partial charge in [-0.2, -0.15) is 5.10 Å². The van der Waals surface area contributed by atoms with E-state index in [4.69, 9.17) is 17.3 Å². The molecule has 4 aromatic rings. The molecule has 11 nitrogen and oxygen atoms in total. The Hall–Kier alpha value is -4.25. The third kappa shape index (κ3) is 4.53. The molecular formula is C21H20ClN9O2. The zero-order valence-corrected chi connectivity index (χ0v) is 18.5. The number of amides is 2. The number of aromatic nitrogens is 5. The number of rotatable bonds is 5. The summed E-state index contributed by atoms with van der Waals surface area (Å²) in [6, 6.07) is 11.1. The van der Waals surface area contributed by atoms with Crippen molar-refractivity contribution in [1.29, 1.82) is 0 Å². The number of nitrogens with two attached hydrogens (primary N) is 1. The summed E-state index contributed by atoms with van der Waals surface area (Å²) in [5.41, 5.74) is 13.3. The molecule has 0 radical (unpaired) electrons. The number of imidazole rings is 1.